The predicted octanol–water partition coefficient (Wildman–Crippen LogP) is 5.82. The van der Waals surface area contributed by atoms with Gasteiger partial charge in [-0.1, -0.05) is 52.2 Å². The zero-order chi connectivity index (χ0) is 34.0. The summed E-state index contributed by atoms with van der Waals surface area (Å²) >= 11 is 0. The molecule has 2 heterocycles. The monoisotopic (exact) mass is 670 g/mol. The maximum atomic E-state index is 13.3. The standard InChI is InChI=1S/C35H46N2O9S/c1-5-8-12-26-31(33(40)24-13-15-25(16-14-24)43-22-11-21-37(19-9-6-2)20-10-7-3)32-27(44-26)23-28-35(47(41,42)36-4)34(32)46-30(39)18-17-29(38)45-28/h13-18,23,33,36,40H,5-12,19-22H2,1-4H3/b18-17+. The van der Waals surface area contributed by atoms with Crippen molar-refractivity contribution < 1.29 is 41.7 Å². The smallest absolute Gasteiger partial charge is 0.336 e. The van der Waals surface area contributed by atoms with Crippen molar-refractivity contribution in [3.8, 4) is 17.2 Å². The third-order valence-electron chi connectivity index (χ3n) is 8.04. The van der Waals surface area contributed by atoms with Gasteiger partial charge < -0.3 is 28.6 Å². The van der Waals surface area contributed by atoms with Crippen molar-refractivity contribution in [2.45, 2.75) is 83.1 Å². The molecular formula is C35H46N2O9S. The van der Waals surface area contributed by atoms with Crippen LogP contribution in [0, 0.1) is 0 Å². The highest BCUT2D eigenvalue weighted by Gasteiger charge is 2.35. The number of esters is 2. The molecule has 4 rings (SSSR count). The number of hydrogen-bond donors (Lipinski definition) is 2. The van der Waals surface area contributed by atoms with Gasteiger partial charge in [-0.15, -0.1) is 0 Å². The number of aryl methyl sites for hydroxylation is 1. The van der Waals surface area contributed by atoms with Crippen molar-refractivity contribution in [2.75, 3.05) is 33.3 Å². The fraction of sp³-hybridized carbons (Fsp3) is 0.486. The Kier molecular flexibility index (Phi) is 13.0. The molecule has 0 amide bonds. The molecule has 1 aromatic heterocycles. The van der Waals surface area contributed by atoms with Crippen LogP contribution in [0.2, 0.25) is 0 Å². The van der Waals surface area contributed by atoms with Crippen molar-refractivity contribution in [1.82, 2.24) is 9.62 Å². The van der Waals surface area contributed by atoms with Crippen LogP contribution in [0.25, 0.3) is 11.0 Å². The van der Waals surface area contributed by atoms with E-state index in [-0.39, 0.29) is 22.3 Å². The molecule has 11 nitrogen and oxygen atoms in total. The van der Waals surface area contributed by atoms with E-state index < -0.39 is 38.7 Å². The summed E-state index contributed by atoms with van der Waals surface area (Å²) in [5, 5.41) is 11.9. The molecule has 0 saturated carbocycles. The number of rotatable bonds is 18. The van der Waals surface area contributed by atoms with Crippen molar-refractivity contribution in [3.05, 3.63) is 59.4 Å². The molecule has 1 aliphatic rings. The minimum atomic E-state index is -4.34. The van der Waals surface area contributed by atoms with Crippen LogP contribution in [0.4, 0.5) is 0 Å². The SMILES string of the molecule is CCCCc1oc2cc3c(S(=O)(=O)NC)c(c2c1C(O)c1ccc(OCCCN(CCCC)CCCC)cc1)OC(=O)/C=C/C(=O)O3. The lowest BCUT2D eigenvalue weighted by atomic mass is 9.96. The normalized spacial score (nSPS) is 14.8. The summed E-state index contributed by atoms with van der Waals surface area (Å²) in [5.74, 6) is -1.68. The Bertz CT molecular complexity index is 1650. The van der Waals surface area contributed by atoms with E-state index in [0.717, 1.165) is 44.6 Å². The summed E-state index contributed by atoms with van der Waals surface area (Å²) in [4.78, 5) is 27.0. The molecule has 0 spiro atoms. The second-order valence-corrected chi connectivity index (χ2v) is 13.4. The first-order chi connectivity index (χ1) is 22.6. The number of fused-ring (bicyclic) bond motifs is 4. The van der Waals surface area contributed by atoms with Crippen LogP contribution in [-0.2, 0) is 26.0 Å². The van der Waals surface area contributed by atoms with Gasteiger partial charge in [-0.25, -0.2) is 22.7 Å². The molecule has 0 saturated heterocycles. The van der Waals surface area contributed by atoms with Crippen LogP contribution in [0.1, 0.15) is 88.7 Å². The van der Waals surface area contributed by atoms with E-state index in [1.54, 1.807) is 24.3 Å². The zero-order valence-corrected chi connectivity index (χ0v) is 28.5. The van der Waals surface area contributed by atoms with Gasteiger partial charge in [0, 0.05) is 36.7 Å². The Morgan fingerprint density at radius 3 is 2.13 bits per heavy atom. The second-order valence-electron chi connectivity index (χ2n) is 11.6. The largest absolute Gasteiger partial charge is 0.494 e. The molecule has 3 aromatic rings. The molecule has 0 aliphatic carbocycles. The van der Waals surface area contributed by atoms with Gasteiger partial charge in [0.1, 0.15) is 23.2 Å². The van der Waals surface area contributed by atoms with E-state index in [1.165, 1.54) is 38.8 Å². The van der Waals surface area contributed by atoms with Crippen LogP contribution in [0.5, 0.6) is 17.2 Å². The van der Waals surface area contributed by atoms with Crippen molar-refractivity contribution in [3.63, 3.8) is 0 Å². The lowest BCUT2D eigenvalue weighted by Crippen LogP contribution is -2.28. The molecule has 0 fully saturated rings. The zero-order valence-electron chi connectivity index (χ0n) is 27.7. The maximum Gasteiger partial charge on any atom is 0.336 e. The summed E-state index contributed by atoms with van der Waals surface area (Å²) in [6.07, 6.45) is 7.96. The number of benzene rings is 2. The number of furan rings is 1. The van der Waals surface area contributed by atoms with Gasteiger partial charge in [0.25, 0.3) is 0 Å². The number of ether oxygens (including phenoxy) is 3. The third-order valence-corrected chi connectivity index (χ3v) is 9.51. The van der Waals surface area contributed by atoms with Crippen molar-refractivity contribution in [2.24, 2.45) is 0 Å². The fourth-order valence-electron chi connectivity index (χ4n) is 5.50. The lowest BCUT2D eigenvalue weighted by molar-refractivity contribution is -0.131. The Morgan fingerprint density at radius 1 is 0.894 bits per heavy atom. The minimum Gasteiger partial charge on any atom is -0.494 e. The van der Waals surface area contributed by atoms with Crippen LogP contribution >= 0.6 is 0 Å². The van der Waals surface area contributed by atoms with Crippen molar-refractivity contribution in [1.29, 1.82) is 0 Å². The number of aliphatic hydroxyl groups excluding tert-OH is 1. The Hall–Kier alpha value is -3.71. The van der Waals surface area contributed by atoms with Crippen LogP contribution < -0.4 is 18.9 Å². The van der Waals surface area contributed by atoms with E-state index in [1.807, 2.05) is 6.92 Å². The molecule has 1 atom stereocenters. The topological polar surface area (TPSA) is 145 Å². The highest BCUT2D eigenvalue weighted by atomic mass is 32.2. The number of hydrogen-bond acceptors (Lipinski definition) is 10. The van der Waals surface area contributed by atoms with Crippen LogP contribution in [0.3, 0.4) is 0 Å². The number of carbonyl (C=O) groups excluding carboxylic acids is 2. The first-order valence-electron chi connectivity index (χ1n) is 16.4. The third kappa shape index (κ3) is 9.01. The van der Waals surface area contributed by atoms with E-state index in [4.69, 9.17) is 18.6 Å². The quantitative estimate of drug-likeness (QED) is 0.0966. The van der Waals surface area contributed by atoms with Gasteiger partial charge >= 0.3 is 11.9 Å². The van der Waals surface area contributed by atoms with E-state index >= 15 is 0 Å². The van der Waals surface area contributed by atoms with Crippen LogP contribution in [-0.4, -0.2) is 63.7 Å². The summed E-state index contributed by atoms with van der Waals surface area (Å²) in [6.45, 7) is 10.1. The number of carbonyl (C=O) groups is 2. The highest BCUT2D eigenvalue weighted by Crippen LogP contribution is 2.47. The molecule has 12 heteroatoms. The Labute approximate surface area is 276 Å². The molecule has 2 N–H and O–H groups in total. The first kappa shape index (κ1) is 36.1. The number of nitrogens with zero attached hydrogens (tertiary/aromatic N) is 1. The molecule has 2 bridgehead atoms. The predicted molar refractivity (Wildman–Crippen MR) is 178 cm³/mol. The highest BCUT2D eigenvalue weighted by molar-refractivity contribution is 7.89. The number of nitrogens with one attached hydrogen (secondary N) is 1. The van der Waals surface area contributed by atoms with Gasteiger partial charge in [-0.3, -0.25) is 0 Å². The van der Waals surface area contributed by atoms with Gasteiger partial charge in [0.2, 0.25) is 10.0 Å². The van der Waals surface area contributed by atoms with Gasteiger partial charge in [0.05, 0.1) is 12.0 Å². The fourth-order valence-corrected chi connectivity index (χ4v) is 6.46. The van der Waals surface area contributed by atoms with E-state index in [2.05, 4.69) is 23.5 Å². The maximum absolute atomic E-state index is 13.3. The Balaban J connectivity index is 1.67. The molecule has 47 heavy (non-hydrogen) atoms. The number of aliphatic hydroxyl groups is 1. The van der Waals surface area contributed by atoms with Crippen LogP contribution in [0.15, 0.2) is 51.8 Å². The molecule has 256 valence electrons. The van der Waals surface area contributed by atoms with Crippen molar-refractivity contribution >= 4 is 32.9 Å². The summed E-state index contributed by atoms with van der Waals surface area (Å²) in [6, 6.07) is 8.30. The molecular weight excluding hydrogens is 624 g/mol. The molecule has 1 aliphatic heterocycles. The second kappa shape index (κ2) is 16.9. The molecule has 2 aromatic carbocycles. The summed E-state index contributed by atoms with van der Waals surface area (Å²) in [5.41, 5.74) is 0.857. The number of unbranched alkanes of at least 4 members (excludes halogenated alkanes) is 3. The van der Waals surface area contributed by atoms with Gasteiger partial charge in [0.15, 0.2) is 16.4 Å². The average Bonchev–Trinajstić information content (AvgIpc) is 3.44. The average molecular weight is 671 g/mol. The molecule has 0 radical (unpaired) electrons. The summed E-state index contributed by atoms with van der Waals surface area (Å²) < 4.78 is 51.8. The minimum absolute atomic E-state index is 0.0944. The van der Waals surface area contributed by atoms with Gasteiger partial charge in [-0.05, 0) is 63.5 Å². The van der Waals surface area contributed by atoms with Gasteiger partial charge in [-0.2, -0.15) is 0 Å². The Morgan fingerprint density at radius 2 is 1.51 bits per heavy atom. The van der Waals surface area contributed by atoms with E-state index in [9.17, 15) is 23.1 Å². The summed E-state index contributed by atoms with van der Waals surface area (Å²) in [7, 11) is -3.15. The number of sulfonamides is 1. The molecule has 1 unspecified atom stereocenters. The first-order valence-corrected chi connectivity index (χ1v) is 17.9. The lowest BCUT2D eigenvalue weighted by Gasteiger charge is -2.22. The van der Waals surface area contributed by atoms with E-state index in [0.29, 0.717) is 36.5 Å².